The Hall–Kier alpha value is -1.88. The number of thiazole rings is 1. The molecule has 2 N–H and O–H groups in total. The SMILES string of the molecule is c1ccc2sc(NCCc3cnc[nH]3)nc2c1. The van der Waals surface area contributed by atoms with Gasteiger partial charge in [-0.05, 0) is 12.1 Å². The van der Waals surface area contributed by atoms with Crippen LogP contribution in [0.2, 0.25) is 0 Å². The van der Waals surface area contributed by atoms with Gasteiger partial charge < -0.3 is 10.3 Å². The summed E-state index contributed by atoms with van der Waals surface area (Å²) in [7, 11) is 0. The molecule has 0 radical (unpaired) electrons. The third kappa shape index (κ3) is 2.29. The van der Waals surface area contributed by atoms with Crippen molar-refractivity contribution >= 4 is 26.7 Å². The summed E-state index contributed by atoms with van der Waals surface area (Å²) in [6, 6.07) is 8.17. The number of aromatic nitrogens is 3. The predicted molar refractivity (Wildman–Crippen MR) is 70.4 cm³/mol. The van der Waals surface area contributed by atoms with Crippen molar-refractivity contribution in [3.8, 4) is 0 Å². The van der Waals surface area contributed by atoms with Crippen molar-refractivity contribution < 1.29 is 0 Å². The standard InChI is InChI=1S/C12H12N4S/c1-2-4-11-10(3-1)16-12(17-11)14-6-5-9-7-13-8-15-9/h1-4,7-8H,5-6H2,(H,13,15)(H,14,16). The number of fused-ring (bicyclic) bond motifs is 1. The second kappa shape index (κ2) is 4.55. The zero-order valence-corrected chi connectivity index (χ0v) is 10.00. The quantitative estimate of drug-likeness (QED) is 0.742. The largest absolute Gasteiger partial charge is 0.361 e. The molecule has 2 aromatic heterocycles. The molecule has 0 fully saturated rings. The predicted octanol–water partition coefficient (Wildman–Crippen LogP) is 2.67. The normalized spacial score (nSPS) is 10.8. The van der Waals surface area contributed by atoms with E-state index in [1.54, 1.807) is 17.7 Å². The van der Waals surface area contributed by atoms with E-state index in [2.05, 4.69) is 26.3 Å². The highest BCUT2D eigenvalue weighted by Gasteiger charge is 2.02. The highest BCUT2D eigenvalue weighted by molar-refractivity contribution is 7.22. The third-order valence-corrected chi connectivity index (χ3v) is 3.51. The first-order valence-corrected chi connectivity index (χ1v) is 6.30. The van der Waals surface area contributed by atoms with E-state index in [1.165, 1.54) is 4.70 Å². The molecule has 0 saturated carbocycles. The number of nitrogens with zero attached hydrogens (tertiary/aromatic N) is 2. The molecule has 1 aromatic carbocycles. The molecule has 86 valence electrons. The van der Waals surface area contributed by atoms with Crippen molar-refractivity contribution in [1.82, 2.24) is 15.0 Å². The van der Waals surface area contributed by atoms with E-state index in [0.717, 1.165) is 29.3 Å². The summed E-state index contributed by atoms with van der Waals surface area (Å²) in [5.41, 5.74) is 2.19. The molecule has 0 aliphatic heterocycles. The molecule has 2 heterocycles. The summed E-state index contributed by atoms with van der Waals surface area (Å²) >= 11 is 1.69. The molecule has 0 spiro atoms. The smallest absolute Gasteiger partial charge is 0.183 e. The summed E-state index contributed by atoms with van der Waals surface area (Å²) in [6.45, 7) is 0.863. The maximum absolute atomic E-state index is 4.51. The van der Waals surface area contributed by atoms with E-state index in [9.17, 15) is 0 Å². The van der Waals surface area contributed by atoms with Gasteiger partial charge >= 0.3 is 0 Å². The van der Waals surface area contributed by atoms with E-state index >= 15 is 0 Å². The summed E-state index contributed by atoms with van der Waals surface area (Å²) in [5.74, 6) is 0. The van der Waals surface area contributed by atoms with Crippen molar-refractivity contribution in [2.45, 2.75) is 6.42 Å². The van der Waals surface area contributed by atoms with Crippen LogP contribution in [-0.4, -0.2) is 21.5 Å². The Morgan fingerprint density at radius 2 is 2.24 bits per heavy atom. The fourth-order valence-electron chi connectivity index (χ4n) is 1.67. The lowest BCUT2D eigenvalue weighted by Crippen LogP contribution is -2.04. The van der Waals surface area contributed by atoms with Gasteiger partial charge in [-0.2, -0.15) is 0 Å². The van der Waals surface area contributed by atoms with Crippen LogP contribution in [0.15, 0.2) is 36.8 Å². The van der Waals surface area contributed by atoms with E-state index < -0.39 is 0 Å². The highest BCUT2D eigenvalue weighted by Crippen LogP contribution is 2.25. The number of rotatable bonds is 4. The van der Waals surface area contributed by atoms with Gasteiger partial charge in [0, 0.05) is 24.9 Å². The Labute approximate surface area is 103 Å². The van der Waals surface area contributed by atoms with Crippen LogP contribution in [0.25, 0.3) is 10.2 Å². The molecule has 4 nitrogen and oxygen atoms in total. The Bertz CT molecular complexity index is 567. The lowest BCUT2D eigenvalue weighted by molar-refractivity contribution is 0.975. The number of hydrogen-bond acceptors (Lipinski definition) is 4. The Morgan fingerprint density at radius 1 is 1.29 bits per heavy atom. The third-order valence-electron chi connectivity index (χ3n) is 2.52. The van der Waals surface area contributed by atoms with Crippen LogP contribution in [0.5, 0.6) is 0 Å². The van der Waals surface area contributed by atoms with Gasteiger partial charge in [0.05, 0.1) is 16.5 Å². The maximum atomic E-state index is 4.51. The molecule has 0 aliphatic carbocycles. The van der Waals surface area contributed by atoms with Crippen molar-refractivity contribution in [2.24, 2.45) is 0 Å². The molecule has 0 bridgehead atoms. The van der Waals surface area contributed by atoms with Crippen LogP contribution < -0.4 is 5.32 Å². The fourth-order valence-corrected chi connectivity index (χ4v) is 2.56. The van der Waals surface area contributed by atoms with Crippen molar-refractivity contribution in [3.05, 3.63) is 42.5 Å². The number of benzene rings is 1. The van der Waals surface area contributed by atoms with E-state index in [1.807, 2.05) is 24.4 Å². The number of H-pyrrole nitrogens is 1. The van der Waals surface area contributed by atoms with Crippen molar-refractivity contribution in [2.75, 3.05) is 11.9 Å². The molecule has 5 heteroatoms. The fraction of sp³-hybridized carbons (Fsp3) is 0.167. The van der Waals surface area contributed by atoms with Gasteiger partial charge in [-0.3, -0.25) is 0 Å². The zero-order chi connectivity index (χ0) is 11.5. The van der Waals surface area contributed by atoms with Gasteiger partial charge in [0.15, 0.2) is 5.13 Å². The number of aromatic amines is 1. The second-order valence-electron chi connectivity index (χ2n) is 3.74. The first-order chi connectivity index (χ1) is 8.42. The monoisotopic (exact) mass is 244 g/mol. The second-order valence-corrected chi connectivity index (χ2v) is 4.77. The number of para-hydroxylation sites is 1. The van der Waals surface area contributed by atoms with Gasteiger partial charge in [0.25, 0.3) is 0 Å². The van der Waals surface area contributed by atoms with E-state index in [-0.39, 0.29) is 0 Å². The van der Waals surface area contributed by atoms with Crippen molar-refractivity contribution in [1.29, 1.82) is 0 Å². The topological polar surface area (TPSA) is 53.6 Å². The summed E-state index contributed by atoms with van der Waals surface area (Å²) in [6.07, 6.45) is 4.48. The zero-order valence-electron chi connectivity index (χ0n) is 9.18. The van der Waals surface area contributed by atoms with E-state index in [0.29, 0.717) is 0 Å². The minimum absolute atomic E-state index is 0.863. The molecule has 0 unspecified atom stereocenters. The lowest BCUT2D eigenvalue weighted by atomic mass is 10.3. The molecule has 0 amide bonds. The lowest BCUT2D eigenvalue weighted by Gasteiger charge is -1.99. The number of hydrogen-bond donors (Lipinski definition) is 2. The van der Waals surface area contributed by atoms with Gasteiger partial charge in [0.1, 0.15) is 0 Å². The van der Waals surface area contributed by atoms with Gasteiger partial charge in [-0.1, -0.05) is 23.5 Å². The average molecular weight is 244 g/mol. The molecule has 0 aliphatic rings. The molecule has 0 atom stereocenters. The molecular weight excluding hydrogens is 232 g/mol. The van der Waals surface area contributed by atoms with Crippen LogP contribution in [-0.2, 0) is 6.42 Å². The molecule has 17 heavy (non-hydrogen) atoms. The number of nitrogens with one attached hydrogen (secondary N) is 2. The van der Waals surface area contributed by atoms with Crippen LogP contribution in [0, 0.1) is 0 Å². The molecule has 0 saturated heterocycles. The van der Waals surface area contributed by atoms with Gasteiger partial charge in [0.2, 0.25) is 0 Å². The Morgan fingerprint density at radius 3 is 3.06 bits per heavy atom. The number of anilines is 1. The van der Waals surface area contributed by atoms with E-state index in [4.69, 9.17) is 0 Å². The molecule has 3 rings (SSSR count). The molecule has 3 aromatic rings. The summed E-state index contributed by atoms with van der Waals surface area (Å²) in [5, 5.41) is 4.31. The summed E-state index contributed by atoms with van der Waals surface area (Å²) < 4.78 is 1.22. The maximum Gasteiger partial charge on any atom is 0.183 e. The van der Waals surface area contributed by atoms with Crippen LogP contribution in [0.4, 0.5) is 5.13 Å². The minimum Gasteiger partial charge on any atom is -0.361 e. The van der Waals surface area contributed by atoms with Crippen LogP contribution in [0.3, 0.4) is 0 Å². The van der Waals surface area contributed by atoms with Crippen LogP contribution >= 0.6 is 11.3 Å². The minimum atomic E-state index is 0.863. The van der Waals surface area contributed by atoms with Crippen LogP contribution in [0.1, 0.15) is 5.69 Å². The average Bonchev–Trinajstić information content (AvgIpc) is 2.96. The summed E-state index contributed by atoms with van der Waals surface area (Å²) in [4.78, 5) is 11.6. The Balaban J connectivity index is 1.65. The first-order valence-electron chi connectivity index (χ1n) is 5.48. The van der Waals surface area contributed by atoms with Crippen molar-refractivity contribution in [3.63, 3.8) is 0 Å². The van der Waals surface area contributed by atoms with Gasteiger partial charge in [-0.25, -0.2) is 9.97 Å². The first kappa shape index (κ1) is 10.3. The number of imidazole rings is 1. The van der Waals surface area contributed by atoms with Gasteiger partial charge in [-0.15, -0.1) is 0 Å². The molecular formula is C12H12N4S. The Kier molecular flexibility index (Phi) is 2.75. The highest BCUT2D eigenvalue weighted by atomic mass is 32.1.